The summed E-state index contributed by atoms with van der Waals surface area (Å²) in [4.78, 5) is 28.6. The molecule has 3 aliphatic rings. The third-order valence-electron chi connectivity index (χ3n) is 7.52. The lowest BCUT2D eigenvalue weighted by Crippen LogP contribution is -2.58. The quantitative estimate of drug-likeness (QED) is 0.572. The number of nitrogens with zero attached hydrogens (tertiary/aromatic N) is 1. The van der Waals surface area contributed by atoms with Gasteiger partial charge in [-0.2, -0.15) is 0 Å². The van der Waals surface area contributed by atoms with Gasteiger partial charge in [0, 0.05) is 19.1 Å². The Morgan fingerprint density at radius 1 is 1.16 bits per heavy atom. The van der Waals surface area contributed by atoms with Crippen molar-refractivity contribution in [1.29, 1.82) is 0 Å². The molecule has 0 spiro atoms. The lowest BCUT2D eigenvalue weighted by atomic mass is 9.83. The van der Waals surface area contributed by atoms with Crippen molar-refractivity contribution in [3.8, 4) is 0 Å². The fraction of sp³-hybridized carbons (Fsp3) is 0.680. The number of carbonyl (C=O) groups excluding carboxylic acids is 2. The second-order valence-electron chi connectivity index (χ2n) is 9.56. The molecule has 0 radical (unpaired) electrons. The fourth-order valence-electron chi connectivity index (χ4n) is 5.51. The normalized spacial score (nSPS) is 27.7. The summed E-state index contributed by atoms with van der Waals surface area (Å²) in [5.74, 6) is 0.174. The van der Waals surface area contributed by atoms with E-state index in [1.54, 1.807) is 7.05 Å². The van der Waals surface area contributed by atoms with Gasteiger partial charge in [0.2, 0.25) is 11.8 Å². The Bertz CT molecular complexity index is 768. The third-order valence-corrected chi connectivity index (χ3v) is 7.52. The topological polar surface area (TPSA) is 82.7 Å². The van der Waals surface area contributed by atoms with Crippen molar-refractivity contribution in [2.24, 2.45) is 5.92 Å². The molecule has 4 rings (SSSR count). The lowest BCUT2D eigenvalue weighted by molar-refractivity contribution is -0.141. The van der Waals surface area contributed by atoms with Crippen LogP contribution in [0.5, 0.6) is 0 Å². The maximum Gasteiger partial charge on any atom is 0.245 e. The molecule has 1 aromatic rings. The highest BCUT2D eigenvalue weighted by atomic mass is 16.5. The van der Waals surface area contributed by atoms with E-state index >= 15 is 0 Å². The van der Waals surface area contributed by atoms with Gasteiger partial charge >= 0.3 is 0 Å². The number of carbonyl (C=O) groups is 2. The molecule has 2 amide bonds. The highest BCUT2D eigenvalue weighted by Crippen LogP contribution is 2.32. The molecule has 1 aromatic carbocycles. The molecular formula is C25H38N4O3. The first-order valence-electron chi connectivity index (χ1n) is 12.3. The Morgan fingerprint density at radius 3 is 2.62 bits per heavy atom. The minimum Gasteiger partial charge on any atom is -0.370 e. The maximum atomic E-state index is 13.9. The van der Waals surface area contributed by atoms with Gasteiger partial charge in [-0.25, -0.2) is 0 Å². The average molecular weight is 443 g/mol. The second-order valence-corrected chi connectivity index (χ2v) is 9.56. The van der Waals surface area contributed by atoms with Gasteiger partial charge in [-0.15, -0.1) is 0 Å². The first kappa shape index (κ1) is 23.2. The zero-order valence-electron chi connectivity index (χ0n) is 19.4. The van der Waals surface area contributed by atoms with Crippen LogP contribution in [-0.2, 0) is 20.9 Å². The first-order valence-corrected chi connectivity index (χ1v) is 12.3. The predicted molar refractivity (Wildman–Crippen MR) is 124 cm³/mol. The van der Waals surface area contributed by atoms with Gasteiger partial charge in [0.05, 0.1) is 24.8 Å². The van der Waals surface area contributed by atoms with Crippen LogP contribution in [0.15, 0.2) is 30.3 Å². The average Bonchev–Trinajstić information content (AvgIpc) is 3.44. The molecule has 7 heteroatoms. The van der Waals surface area contributed by atoms with Crippen molar-refractivity contribution < 1.29 is 14.3 Å². The number of hydrogen-bond acceptors (Lipinski definition) is 5. The molecule has 5 atom stereocenters. The zero-order valence-corrected chi connectivity index (χ0v) is 19.4. The van der Waals surface area contributed by atoms with Crippen LogP contribution in [0.25, 0.3) is 0 Å². The van der Waals surface area contributed by atoms with Gasteiger partial charge in [-0.1, -0.05) is 49.6 Å². The lowest BCUT2D eigenvalue weighted by Gasteiger charge is -2.36. The first-order chi connectivity index (χ1) is 15.6. The van der Waals surface area contributed by atoms with Crippen LogP contribution in [0.2, 0.25) is 0 Å². The molecule has 3 fully saturated rings. The van der Waals surface area contributed by atoms with Crippen LogP contribution in [-0.4, -0.2) is 67.1 Å². The van der Waals surface area contributed by atoms with E-state index in [0.29, 0.717) is 13.2 Å². The smallest absolute Gasteiger partial charge is 0.245 e. The van der Waals surface area contributed by atoms with Gasteiger partial charge in [0.1, 0.15) is 6.04 Å². The Balaban J connectivity index is 1.47. The summed E-state index contributed by atoms with van der Waals surface area (Å²) < 4.78 is 6.29. The largest absolute Gasteiger partial charge is 0.370 e. The Labute approximate surface area is 191 Å². The van der Waals surface area contributed by atoms with E-state index in [2.05, 4.69) is 28.1 Å². The van der Waals surface area contributed by atoms with Crippen LogP contribution in [0, 0.1) is 5.92 Å². The van der Waals surface area contributed by atoms with E-state index in [4.69, 9.17) is 4.74 Å². The standard InChI is InChI=1S/C25H38N4O3/c1-17(26-2)24(30)28-22(19-11-7-4-8-12-19)25(31)29-14-13-20-23(29)21(15-27-20)32-16-18-9-5-3-6-10-18/h3,5-6,9-10,17,19-23,26-27H,4,7-8,11-16H2,1-2H3,(H,28,30)/t17-,20+,21-,22-,23-/m0/s1. The summed E-state index contributed by atoms with van der Waals surface area (Å²) in [5.41, 5.74) is 1.14. The summed E-state index contributed by atoms with van der Waals surface area (Å²) >= 11 is 0. The van der Waals surface area contributed by atoms with Crippen molar-refractivity contribution in [3.63, 3.8) is 0 Å². The number of benzene rings is 1. The number of hydrogen-bond donors (Lipinski definition) is 3. The molecule has 2 heterocycles. The molecule has 0 bridgehead atoms. The van der Waals surface area contributed by atoms with Crippen molar-refractivity contribution >= 4 is 11.8 Å². The van der Waals surface area contributed by atoms with E-state index in [1.165, 1.54) is 6.42 Å². The van der Waals surface area contributed by atoms with Crippen LogP contribution in [0.1, 0.15) is 51.0 Å². The number of likely N-dealkylation sites (N-methyl/N-ethyl adjacent to an activating group) is 1. The van der Waals surface area contributed by atoms with Crippen molar-refractivity contribution in [3.05, 3.63) is 35.9 Å². The fourth-order valence-corrected chi connectivity index (χ4v) is 5.51. The minimum absolute atomic E-state index is 0.0240. The van der Waals surface area contributed by atoms with Crippen molar-refractivity contribution in [2.45, 2.75) is 82.3 Å². The summed E-state index contributed by atoms with van der Waals surface area (Å²) in [6.45, 7) is 3.84. The molecule has 0 unspecified atom stereocenters. The SMILES string of the molecule is CN[C@@H](C)C(=O)N[C@H](C(=O)N1CC[C@H]2NC[C@H](OCc3ccccc3)[C@H]21)C1CCCCC1. The molecule has 0 aromatic heterocycles. The van der Waals surface area contributed by atoms with E-state index in [0.717, 1.165) is 44.2 Å². The molecule has 7 nitrogen and oxygen atoms in total. The molecular weight excluding hydrogens is 404 g/mol. The molecule has 176 valence electrons. The molecule has 1 aliphatic carbocycles. The van der Waals surface area contributed by atoms with Crippen molar-refractivity contribution in [2.75, 3.05) is 20.1 Å². The zero-order chi connectivity index (χ0) is 22.5. The van der Waals surface area contributed by atoms with Gasteiger partial charge in [0.15, 0.2) is 0 Å². The Kier molecular flexibility index (Phi) is 7.81. The molecule has 32 heavy (non-hydrogen) atoms. The highest BCUT2D eigenvalue weighted by molar-refractivity contribution is 5.90. The number of nitrogens with one attached hydrogen (secondary N) is 3. The summed E-state index contributed by atoms with van der Waals surface area (Å²) in [5, 5.41) is 9.66. The number of amides is 2. The summed E-state index contributed by atoms with van der Waals surface area (Å²) in [6, 6.07) is 9.68. The van der Waals surface area contributed by atoms with Gasteiger partial charge < -0.3 is 25.6 Å². The maximum absolute atomic E-state index is 13.9. The molecule has 2 saturated heterocycles. The number of ether oxygens (including phenoxy) is 1. The van der Waals surface area contributed by atoms with E-state index in [-0.39, 0.29) is 42.0 Å². The van der Waals surface area contributed by atoms with Crippen LogP contribution in [0.3, 0.4) is 0 Å². The van der Waals surface area contributed by atoms with Crippen LogP contribution >= 0.6 is 0 Å². The minimum atomic E-state index is -0.451. The van der Waals surface area contributed by atoms with E-state index < -0.39 is 6.04 Å². The molecule has 3 N–H and O–H groups in total. The number of fused-ring (bicyclic) bond motifs is 1. The van der Waals surface area contributed by atoms with Crippen molar-refractivity contribution in [1.82, 2.24) is 20.9 Å². The van der Waals surface area contributed by atoms with E-state index in [9.17, 15) is 9.59 Å². The van der Waals surface area contributed by atoms with Gasteiger partial charge in [0.25, 0.3) is 0 Å². The molecule has 1 saturated carbocycles. The number of likely N-dealkylation sites (tertiary alicyclic amines) is 1. The summed E-state index contributed by atoms with van der Waals surface area (Å²) in [6.07, 6.45) is 6.36. The monoisotopic (exact) mass is 442 g/mol. The van der Waals surface area contributed by atoms with Gasteiger partial charge in [-0.05, 0) is 44.7 Å². The van der Waals surface area contributed by atoms with E-state index in [1.807, 2.05) is 30.0 Å². The Hall–Kier alpha value is -1.96. The number of rotatable bonds is 8. The van der Waals surface area contributed by atoms with Crippen LogP contribution < -0.4 is 16.0 Å². The summed E-state index contributed by atoms with van der Waals surface area (Å²) in [7, 11) is 1.77. The highest BCUT2D eigenvalue weighted by Gasteiger charge is 2.49. The third kappa shape index (κ3) is 5.16. The molecule has 2 aliphatic heterocycles. The predicted octanol–water partition coefficient (Wildman–Crippen LogP) is 1.82. The Morgan fingerprint density at radius 2 is 1.91 bits per heavy atom. The van der Waals surface area contributed by atoms with Crippen LogP contribution in [0.4, 0.5) is 0 Å². The van der Waals surface area contributed by atoms with Gasteiger partial charge in [-0.3, -0.25) is 9.59 Å². The second kappa shape index (κ2) is 10.8.